The number of ether oxygens (including phenoxy) is 1. The van der Waals surface area contributed by atoms with E-state index >= 15 is 0 Å². The Morgan fingerprint density at radius 3 is 2.42 bits per heavy atom. The Morgan fingerprint density at radius 2 is 1.65 bits per heavy atom. The average Bonchev–Trinajstić information content (AvgIpc) is 3.48. The molecule has 0 heterocycles. The van der Waals surface area contributed by atoms with Gasteiger partial charge in [-0.3, -0.25) is 9.59 Å². The molecule has 1 fully saturated rings. The van der Waals surface area contributed by atoms with Crippen molar-refractivity contribution in [3.05, 3.63) is 112 Å². The molecular weight excluding hydrogens is 588 g/mol. The first-order chi connectivity index (χ1) is 19.5. The van der Waals surface area contributed by atoms with Gasteiger partial charge in [-0.15, -0.1) is 0 Å². The summed E-state index contributed by atoms with van der Waals surface area (Å²) in [5, 5.41) is 5.88. The molecule has 0 bridgehead atoms. The van der Waals surface area contributed by atoms with Gasteiger partial charge in [-0.05, 0) is 68.9 Å². The van der Waals surface area contributed by atoms with Crippen LogP contribution in [0.4, 0.5) is 0 Å². The van der Waals surface area contributed by atoms with Gasteiger partial charge in [0.2, 0.25) is 5.91 Å². The van der Waals surface area contributed by atoms with Gasteiger partial charge < -0.3 is 15.0 Å². The molecule has 0 radical (unpaired) electrons. The quantitative estimate of drug-likeness (QED) is 0.202. The van der Waals surface area contributed by atoms with Crippen LogP contribution in [0.2, 0.25) is 5.02 Å². The van der Waals surface area contributed by atoms with Crippen LogP contribution in [0.15, 0.2) is 95.5 Å². The predicted molar refractivity (Wildman–Crippen MR) is 163 cm³/mol. The van der Waals surface area contributed by atoms with E-state index < -0.39 is 6.04 Å². The summed E-state index contributed by atoms with van der Waals surface area (Å²) in [4.78, 5) is 29.4. The number of rotatable bonds is 10. The molecule has 1 aliphatic carbocycles. The van der Waals surface area contributed by atoms with Crippen molar-refractivity contribution in [2.45, 2.75) is 50.7 Å². The first-order valence-corrected chi connectivity index (χ1v) is 14.8. The summed E-state index contributed by atoms with van der Waals surface area (Å²) >= 11 is 9.93. The summed E-state index contributed by atoms with van der Waals surface area (Å²) in [6, 6.07) is 28.4. The number of hydrogen-bond acceptors (Lipinski definition) is 3. The number of amides is 2. The van der Waals surface area contributed by atoms with Gasteiger partial charge >= 0.3 is 0 Å². The van der Waals surface area contributed by atoms with E-state index in [1.165, 1.54) is 0 Å². The molecule has 4 aromatic carbocycles. The van der Waals surface area contributed by atoms with Crippen LogP contribution in [0.1, 0.15) is 36.8 Å². The fourth-order valence-corrected chi connectivity index (χ4v) is 6.12. The summed E-state index contributed by atoms with van der Waals surface area (Å²) in [5.41, 5.74) is 1.83. The van der Waals surface area contributed by atoms with E-state index in [9.17, 15) is 9.59 Å². The Bertz CT molecular complexity index is 1470. The summed E-state index contributed by atoms with van der Waals surface area (Å²) in [7, 11) is 0. The molecule has 5 rings (SSSR count). The summed E-state index contributed by atoms with van der Waals surface area (Å²) in [5.74, 6) is 0.158. The first kappa shape index (κ1) is 28.2. The highest BCUT2D eigenvalue weighted by Crippen LogP contribution is 2.33. The van der Waals surface area contributed by atoms with Crippen molar-refractivity contribution in [1.82, 2.24) is 10.2 Å². The van der Waals surface area contributed by atoms with Gasteiger partial charge in [0.15, 0.2) is 6.61 Å². The van der Waals surface area contributed by atoms with Crippen molar-refractivity contribution >= 4 is 50.1 Å². The number of hydrogen-bond donors (Lipinski definition) is 1. The van der Waals surface area contributed by atoms with Crippen molar-refractivity contribution in [3.8, 4) is 5.75 Å². The third kappa shape index (κ3) is 7.04. The number of benzene rings is 4. The first-order valence-electron chi connectivity index (χ1n) is 13.7. The highest BCUT2D eigenvalue weighted by atomic mass is 79.9. The molecule has 4 aromatic rings. The van der Waals surface area contributed by atoms with E-state index in [4.69, 9.17) is 16.3 Å². The molecule has 1 atom stereocenters. The minimum atomic E-state index is -0.710. The molecule has 2 amide bonds. The highest BCUT2D eigenvalue weighted by Gasteiger charge is 2.32. The van der Waals surface area contributed by atoms with Gasteiger partial charge in [-0.2, -0.15) is 0 Å². The molecule has 0 aromatic heterocycles. The molecule has 7 heteroatoms. The number of carbonyl (C=O) groups excluding carboxylic acids is 2. The average molecular weight is 620 g/mol. The third-order valence-electron chi connectivity index (χ3n) is 7.39. The zero-order chi connectivity index (χ0) is 27.9. The second-order valence-corrected chi connectivity index (χ2v) is 11.5. The van der Waals surface area contributed by atoms with Crippen molar-refractivity contribution in [2.24, 2.45) is 0 Å². The van der Waals surface area contributed by atoms with Crippen LogP contribution in [-0.4, -0.2) is 35.4 Å². The van der Waals surface area contributed by atoms with Gasteiger partial charge in [0.05, 0.1) is 4.47 Å². The van der Waals surface area contributed by atoms with E-state index in [0.717, 1.165) is 52.1 Å². The van der Waals surface area contributed by atoms with Gasteiger partial charge in [-0.25, -0.2) is 0 Å². The minimum Gasteiger partial charge on any atom is -0.483 e. The van der Waals surface area contributed by atoms with Crippen LogP contribution < -0.4 is 10.1 Å². The molecule has 40 heavy (non-hydrogen) atoms. The second kappa shape index (κ2) is 13.3. The van der Waals surface area contributed by atoms with Crippen LogP contribution in [0.25, 0.3) is 10.8 Å². The Hall–Kier alpha value is -3.35. The van der Waals surface area contributed by atoms with E-state index in [0.29, 0.717) is 17.2 Å². The molecular formula is C33H32BrClN2O3. The molecule has 5 nitrogen and oxygen atoms in total. The summed E-state index contributed by atoms with van der Waals surface area (Å²) in [6.45, 7) is 0.0245. The molecule has 0 aliphatic heterocycles. The van der Waals surface area contributed by atoms with Gasteiger partial charge in [-0.1, -0.05) is 97.2 Å². The van der Waals surface area contributed by atoms with Crippen LogP contribution in [0.5, 0.6) is 5.75 Å². The Balaban J connectivity index is 1.43. The predicted octanol–water partition coefficient (Wildman–Crippen LogP) is 7.33. The zero-order valence-electron chi connectivity index (χ0n) is 22.2. The van der Waals surface area contributed by atoms with E-state index in [1.54, 1.807) is 11.0 Å². The van der Waals surface area contributed by atoms with Gasteiger partial charge in [0, 0.05) is 24.0 Å². The molecule has 0 saturated heterocycles. The topological polar surface area (TPSA) is 58.6 Å². The van der Waals surface area contributed by atoms with Crippen molar-refractivity contribution < 1.29 is 14.3 Å². The molecule has 206 valence electrons. The lowest BCUT2D eigenvalue weighted by Gasteiger charge is -2.32. The Morgan fingerprint density at radius 1 is 0.925 bits per heavy atom. The maximum absolute atomic E-state index is 13.9. The van der Waals surface area contributed by atoms with Gasteiger partial charge in [0.25, 0.3) is 5.91 Å². The second-order valence-electron chi connectivity index (χ2n) is 10.2. The lowest BCUT2D eigenvalue weighted by Crippen LogP contribution is -2.53. The number of nitrogens with one attached hydrogen (secondary N) is 1. The third-order valence-corrected chi connectivity index (χ3v) is 8.45. The number of carbonyl (C=O) groups is 2. The van der Waals surface area contributed by atoms with Crippen LogP contribution in [0.3, 0.4) is 0 Å². The standard InChI is InChI=1S/C33H32BrClN2O3/c34-32-28-16-7-4-12-25(28)17-18-30(32)40-22-31(38)37(21-24-11-8-13-26(35)19-24)29(20-23-9-2-1-3-10-23)33(39)36-27-14-5-6-15-27/h1-4,7-13,16-19,27,29H,5-6,14-15,20-22H2,(H,36,39)/t29-/m0/s1. The van der Waals surface area contributed by atoms with E-state index in [2.05, 4.69) is 21.2 Å². The fraction of sp³-hybridized carbons (Fsp3) is 0.273. The maximum Gasteiger partial charge on any atom is 0.261 e. The highest BCUT2D eigenvalue weighted by molar-refractivity contribution is 9.10. The monoisotopic (exact) mass is 618 g/mol. The lowest BCUT2D eigenvalue weighted by molar-refractivity contribution is -0.143. The SMILES string of the molecule is O=C(NC1CCCC1)[C@H](Cc1ccccc1)N(Cc1cccc(Cl)c1)C(=O)COc1ccc2ccccc2c1Br. The number of fused-ring (bicyclic) bond motifs is 1. The molecule has 0 unspecified atom stereocenters. The van der Waals surface area contributed by atoms with Crippen molar-refractivity contribution in [2.75, 3.05) is 6.61 Å². The molecule has 1 aliphatic rings. The van der Waals surface area contributed by atoms with Crippen molar-refractivity contribution in [3.63, 3.8) is 0 Å². The van der Waals surface area contributed by atoms with Crippen LogP contribution >= 0.6 is 27.5 Å². The smallest absolute Gasteiger partial charge is 0.261 e. The molecule has 0 spiro atoms. The maximum atomic E-state index is 13.9. The number of halogens is 2. The summed E-state index contributed by atoms with van der Waals surface area (Å²) < 4.78 is 6.86. The van der Waals surface area contributed by atoms with Crippen LogP contribution in [0, 0.1) is 0 Å². The largest absolute Gasteiger partial charge is 0.483 e. The minimum absolute atomic E-state index is 0.138. The summed E-state index contributed by atoms with van der Waals surface area (Å²) in [6.07, 6.45) is 4.53. The van der Waals surface area contributed by atoms with E-state index in [1.807, 2.05) is 84.9 Å². The van der Waals surface area contributed by atoms with E-state index in [-0.39, 0.29) is 31.0 Å². The lowest BCUT2D eigenvalue weighted by atomic mass is 10.0. The fourth-order valence-electron chi connectivity index (χ4n) is 5.30. The number of nitrogens with zero attached hydrogens (tertiary/aromatic N) is 1. The van der Waals surface area contributed by atoms with Crippen molar-refractivity contribution in [1.29, 1.82) is 0 Å². The zero-order valence-corrected chi connectivity index (χ0v) is 24.5. The molecule has 1 N–H and O–H groups in total. The normalized spacial score (nSPS) is 14.2. The Kier molecular flexibility index (Phi) is 9.40. The Labute approximate surface area is 248 Å². The van der Waals surface area contributed by atoms with Crippen LogP contribution in [-0.2, 0) is 22.6 Å². The molecule has 1 saturated carbocycles. The van der Waals surface area contributed by atoms with Gasteiger partial charge in [0.1, 0.15) is 11.8 Å².